The molecule has 0 unspecified atom stereocenters. The molecule has 0 amide bonds. The Morgan fingerprint density at radius 1 is 1.40 bits per heavy atom. The molecular formula is C13H18BrFN2O2S. The normalized spacial score (nSPS) is 10.6. The van der Waals surface area contributed by atoms with E-state index in [1.165, 1.54) is 0 Å². The van der Waals surface area contributed by atoms with Gasteiger partial charge in [-0.05, 0) is 34.5 Å². The molecule has 7 heteroatoms. The fraction of sp³-hybridized carbons (Fsp3) is 0.462. The third-order valence-electron chi connectivity index (χ3n) is 2.56. The molecule has 1 rings (SSSR count). The molecule has 20 heavy (non-hydrogen) atoms. The van der Waals surface area contributed by atoms with Crippen molar-refractivity contribution in [2.45, 2.75) is 6.42 Å². The first-order valence-corrected chi connectivity index (χ1v) is 7.36. The van der Waals surface area contributed by atoms with Crippen LogP contribution in [0, 0.1) is 5.82 Å². The lowest BCUT2D eigenvalue weighted by Crippen LogP contribution is -2.13. The molecule has 0 aliphatic carbocycles. The van der Waals surface area contributed by atoms with Crippen LogP contribution >= 0.6 is 28.1 Å². The van der Waals surface area contributed by atoms with E-state index in [9.17, 15) is 4.39 Å². The van der Waals surface area contributed by atoms with Crippen LogP contribution in [-0.2, 0) is 9.47 Å². The van der Waals surface area contributed by atoms with Gasteiger partial charge in [-0.3, -0.25) is 0 Å². The molecule has 0 bridgehead atoms. The summed E-state index contributed by atoms with van der Waals surface area (Å²) >= 11 is 8.00. The zero-order valence-electron chi connectivity index (χ0n) is 11.2. The van der Waals surface area contributed by atoms with Crippen LogP contribution in [0.25, 0.3) is 0 Å². The maximum absolute atomic E-state index is 14.0. The van der Waals surface area contributed by atoms with Gasteiger partial charge in [-0.2, -0.15) is 0 Å². The van der Waals surface area contributed by atoms with E-state index >= 15 is 0 Å². The molecule has 0 spiro atoms. The Balaban J connectivity index is 2.41. The Morgan fingerprint density at radius 3 is 2.80 bits per heavy atom. The number of halogens is 2. The number of methoxy groups -OCH3 is 1. The fourth-order valence-corrected chi connectivity index (χ4v) is 2.38. The SMILES string of the molecule is COCCOCCCNc1ccc(C(N)=S)c(Br)c1F. The lowest BCUT2D eigenvalue weighted by molar-refractivity contribution is 0.0705. The Kier molecular flexibility index (Phi) is 7.98. The summed E-state index contributed by atoms with van der Waals surface area (Å²) in [4.78, 5) is 0.161. The largest absolute Gasteiger partial charge is 0.389 e. The summed E-state index contributed by atoms with van der Waals surface area (Å²) in [6, 6.07) is 3.31. The van der Waals surface area contributed by atoms with E-state index in [1.807, 2.05) is 0 Å². The van der Waals surface area contributed by atoms with Crippen LogP contribution in [0.1, 0.15) is 12.0 Å². The highest BCUT2D eigenvalue weighted by Gasteiger charge is 2.12. The second-order valence-corrected chi connectivity index (χ2v) is 5.27. The number of ether oxygens (including phenoxy) is 2. The van der Waals surface area contributed by atoms with Gasteiger partial charge in [0.15, 0.2) is 5.82 Å². The summed E-state index contributed by atoms with van der Waals surface area (Å²) in [7, 11) is 1.63. The van der Waals surface area contributed by atoms with Gasteiger partial charge in [0.1, 0.15) is 4.99 Å². The first kappa shape index (κ1) is 17.3. The monoisotopic (exact) mass is 364 g/mol. The van der Waals surface area contributed by atoms with E-state index in [1.54, 1.807) is 19.2 Å². The maximum Gasteiger partial charge on any atom is 0.161 e. The Morgan fingerprint density at radius 2 is 2.15 bits per heavy atom. The third-order valence-corrected chi connectivity index (χ3v) is 3.56. The predicted octanol–water partition coefficient (Wildman–Crippen LogP) is 2.69. The zero-order valence-corrected chi connectivity index (χ0v) is 13.7. The zero-order chi connectivity index (χ0) is 15.0. The first-order chi connectivity index (χ1) is 9.57. The van der Waals surface area contributed by atoms with E-state index in [0.29, 0.717) is 37.6 Å². The van der Waals surface area contributed by atoms with Crippen molar-refractivity contribution in [3.8, 4) is 0 Å². The van der Waals surface area contributed by atoms with Gasteiger partial charge in [-0.15, -0.1) is 0 Å². The second-order valence-electron chi connectivity index (χ2n) is 4.04. The number of anilines is 1. The molecular weight excluding hydrogens is 347 g/mol. The number of rotatable bonds is 9. The lowest BCUT2D eigenvalue weighted by Gasteiger charge is -2.11. The molecule has 112 valence electrons. The number of thiocarbonyl (C=S) groups is 1. The Bertz CT molecular complexity index is 460. The van der Waals surface area contributed by atoms with Gasteiger partial charge in [0.05, 0.1) is 23.4 Å². The van der Waals surface area contributed by atoms with Crippen molar-refractivity contribution in [2.75, 3.05) is 38.8 Å². The Hall–Kier alpha value is -0.760. The third kappa shape index (κ3) is 5.32. The minimum atomic E-state index is -0.393. The van der Waals surface area contributed by atoms with E-state index in [2.05, 4.69) is 21.2 Å². The van der Waals surface area contributed by atoms with Crippen LogP contribution in [-0.4, -0.2) is 38.5 Å². The average molecular weight is 365 g/mol. The van der Waals surface area contributed by atoms with E-state index in [0.717, 1.165) is 6.42 Å². The molecule has 1 aromatic rings. The summed E-state index contributed by atoms with van der Waals surface area (Å²) in [5.74, 6) is -0.393. The topological polar surface area (TPSA) is 56.5 Å². The highest BCUT2D eigenvalue weighted by Crippen LogP contribution is 2.27. The summed E-state index contributed by atoms with van der Waals surface area (Å²) in [5.41, 5.74) is 6.40. The standard InChI is InChI=1S/C13H18BrFN2O2S/c1-18-7-8-19-6-2-5-17-10-4-3-9(13(16)20)11(14)12(10)15/h3-4,17H,2,5-8H2,1H3,(H2,16,20). The van der Waals surface area contributed by atoms with Gasteiger partial charge in [0.25, 0.3) is 0 Å². The van der Waals surface area contributed by atoms with E-state index in [4.69, 9.17) is 27.4 Å². The highest BCUT2D eigenvalue weighted by molar-refractivity contribution is 9.10. The van der Waals surface area contributed by atoms with Crippen molar-refractivity contribution in [3.63, 3.8) is 0 Å². The molecule has 0 aliphatic heterocycles. The number of hydrogen-bond acceptors (Lipinski definition) is 4. The molecule has 0 radical (unpaired) electrons. The van der Waals surface area contributed by atoms with E-state index < -0.39 is 5.82 Å². The van der Waals surface area contributed by atoms with Crippen molar-refractivity contribution in [1.82, 2.24) is 0 Å². The first-order valence-electron chi connectivity index (χ1n) is 6.16. The van der Waals surface area contributed by atoms with Crippen LogP contribution < -0.4 is 11.1 Å². The molecule has 1 aromatic carbocycles. The van der Waals surface area contributed by atoms with Crippen LogP contribution in [0.4, 0.5) is 10.1 Å². The van der Waals surface area contributed by atoms with Crippen molar-refractivity contribution >= 4 is 38.8 Å². The van der Waals surface area contributed by atoms with Gasteiger partial charge >= 0.3 is 0 Å². The predicted molar refractivity (Wildman–Crippen MR) is 85.8 cm³/mol. The molecule has 0 saturated carbocycles. The highest BCUT2D eigenvalue weighted by atomic mass is 79.9. The number of hydrogen-bond donors (Lipinski definition) is 2. The molecule has 4 nitrogen and oxygen atoms in total. The molecule has 0 fully saturated rings. The maximum atomic E-state index is 14.0. The van der Waals surface area contributed by atoms with Gasteiger partial charge in [0, 0.05) is 25.8 Å². The van der Waals surface area contributed by atoms with Crippen LogP contribution in [0.3, 0.4) is 0 Å². The van der Waals surface area contributed by atoms with Gasteiger partial charge in [-0.1, -0.05) is 12.2 Å². The van der Waals surface area contributed by atoms with Crippen molar-refractivity contribution in [2.24, 2.45) is 5.73 Å². The lowest BCUT2D eigenvalue weighted by atomic mass is 10.2. The van der Waals surface area contributed by atoms with Gasteiger partial charge < -0.3 is 20.5 Å². The minimum absolute atomic E-state index is 0.161. The summed E-state index contributed by atoms with van der Waals surface area (Å²) in [5, 5.41) is 3.01. The van der Waals surface area contributed by atoms with Crippen LogP contribution in [0.2, 0.25) is 0 Å². The average Bonchev–Trinajstić information content (AvgIpc) is 2.42. The molecule has 0 saturated heterocycles. The fourth-order valence-electron chi connectivity index (χ4n) is 1.52. The van der Waals surface area contributed by atoms with Crippen molar-refractivity contribution in [3.05, 3.63) is 28.0 Å². The van der Waals surface area contributed by atoms with Crippen molar-refractivity contribution in [1.29, 1.82) is 0 Å². The van der Waals surface area contributed by atoms with Crippen LogP contribution in [0.5, 0.6) is 0 Å². The minimum Gasteiger partial charge on any atom is -0.389 e. The number of nitrogens with one attached hydrogen (secondary N) is 1. The Labute approximate surface area is 131 Å². The molecule has 0 aromatic heterocycles. The quantitative estimate of drug-likeness (QED) is 0.521. The van der Waals surface area contributed by atoms with Crippen molar-refractivity contribution < 1.29 is 13.9 Å². The summed E-state index contributed by atoms with van der Waals surface area (Å²) < 4.78 is 24.5. The van der Waals surface area contributed by atoms with Crippen LogP contribution in [0.15, 0.2) is 16.6 Å². The van der Waals surface area contributed by atoms with Gasteiger partial charge in [-0.25, -0.2) is 4.39 Å². The molecule has 3 N–H and O–H groups in total. The smallest absolute Gasteiger partial charge is 0.161 e. The second kappa shape index (κ2) is 9.23. The van der Waals surface area contributed by atoms with E-state index in [-0.39, 0.29) is 9.46 Å². The molecule has 0 heterocycles. The summed E-state index contributed by atoms with van der Waals surface area (Å²) in [6.45, 7) is 2.36. The van der Waals surface area contributed by atoms with Gasteiger partial charge in [0.2, 0.25) is 0 Å². The number of benzene rings is 1. The number of nitrogens with two attached hydrogens (primary N) is 1. The molecule has 0 atom stereocenters. The molecule has 0 aliphatic rings. The summed E-state index contributed by atoms with van der Waals surface area (Å²) in [6.07, 6.45) is 0.776.